The van der Waals surface area contributed by atoms with Gasteiger partial charge in [-0.05, 0) is 48.6 Å². The maximum Gasteiger partial charge on any atom is 0.242 e. The van der Waals surface area contributed by atoms with Crippen LogP contribution in [-0.2, 0) is 30.6 Å². The Morgan fingerprint density at radius 3 is 2.32 bits per heavy atom. The lowest BCUT2D eigenvalue weighted by molar-refractivity contribution is -0.119. The number of nitrogens with zero attached hydrogens (tertiary/aromatic N) is 2. The zero-order valence-corrected chi connectivity index (χ0v) is 20.1. The van der Waals surface area contributed by atoms with Crippen molar-refractivity contribution < 1.29 is 26.0 Å². The summed E-state index contributed by atoms with van der Waals surface area (Å²) < 4.78 is 56.0. The van der Waals surface area contributed by atoms with Crippen molar-refractivity contribution in [3.8, 4) is 0 Å². The maximum absolute atomic E-state index is 12.3. The molecule has 172 valence electrons. The SMILES string of the molecule is CN(C)S(=O)(=O)c1ccc(N(CC(=O)NCCCSCc2ccco2)S(C)(=O)=O)cc1. The molecule has 0 spiro atoms. The number of carbonyl (C=O) groups is 1. The number of rotatable bonds is 12. The Kier molecular flexibility index (Phi) is 8.98. The second kappa shape index (κ2) is 11.0. The third-order valence-corrected chi connectivity index (χ3v) is 8.24. The van der Waals surface area contributed by atoms with Gasteiger partial charge >= 0.3 is 0 Å². The zero-order chi connectivity index (χ0) is 23.1. The van der Waals surface area contributed by atoms with Crippen LogP contribution in [0.2, 0.25) is 0 Å². The van der Waals surface area contributed by atoms with Gasteiger partial charge in [-0.1, -0.05) is 0 Å². The van der Waals surface area contributed by atoms with Crippen molar-refractivity contribution in [2.45, 2.75) is 17.1 Å². The molecule has 0 fully saturated rings. The van der Waals surface area contributed by atoms with Crippen molar-refractivity contribution in [2.75, 3.05) is 43.5 Å². The monoisotopic (exact) mass is 489 g/mol. The summed E-state index contributed by atoms with van der Waals surface area (Å²) in [5.41, 5.74) is 0.212. The van der Waals surface area contributed by atoms with E-state index in [1.54, 1.807) is 18.0 Å². The summed E-state index contributed by atoms with van der Waals surface area (Å²) in [6.07, 6.45) is 3.35. The van der Waals surface area contributed by atoms with E-state index in [1.807, 2.05) is 12.1 Å². The lowest BCUT2D eigenvalue weighted by Gasteiger charge is -2.22. The largest absolute Gasteiger partial charge is 0.468 e. The number of sulfonamides is 2. The zero-order valence-electron chi connectivity index (χ0n) is 17.6. The lowest BCUT2D eigenvalue weighted by atomic mass is 10.3. The van der Waals surface area contributed by atoms with Gasteiger partial charge in [-0.2, -0.15) is 11.8 Å². The molecule has 0 aliphatic carbocycles. The van der Waals surface area contributed by atoms with Gasteiger partial charge in [0, 0.05) is 20.6 Å². The fourth-order valence-corrected chi connectivity index (χ4v) is 5.17. The molecule has 1 amide bonds. The van der Waals surface area contributed by atoms with Crippen molar-refractivity contribution in [3.63, 3.8) is 0 Å². The molecule has 12 heteroatoms. The normalized spacial score (nSPS) is 12.1. The van der Waals surface area contributed by atoms with Gasteiger partial charge in [0.1, 0.15) is 12.3 Å². The van der Waals surface area contributed by atoms with Crippen LogP contribution in [0.25, 0.3) is 0 Å². The highest BCUT2D eigenvalue weighted by atomic mass is 32.2. The topological polar surface area (TPSA) is 117 Å². The third-order valence-electron chi connectivity index (χ3n) is 4.20. The minimum Gasteiger partial charge on any atom is -0.468 e. The summed E-state index contributed by atoms with van der Waals surface area (Å²) >= 11 is 1.68. The highest BCUT2D eigenvalue weighted by Crippen LogP contribution is 2.21. The molecule has 0 bridgehead atoms. The number of carbonyl (C=O) groups excluding carboxylic acids is 1. The van der Waals surface area contributed by atoms with Crippen LogP contribution >= 0.6 is 11.8 Å². The molecule has 0 saturated carbocycles. The lowest BCUT2D eigenvalue weighted by Crippen LogP contribution is -2.40. The number of hydrogen-bond donors (Lipinski definition) is 1. The molecule has 9 nitrogen and oxygen atoms in total. The molecular formula is C19H27N3O6S3. The molecule has 0 aliphatic heterocycles. The Morgan fingerprint density at radius 1 is 1.10 bits per heavy atom. The van der Waals surface area contributed by atoms with Crippen LogP contribution in [0.1, 0.15) is 12.2 Å². The average molecular weight is 490 g/mol. The van der Waals surface area contributed by atoms with E-state index < -0.39 is 32.5 Å². The van der Waals surface area contributed by atoms with E-state index in [2.05, 4.69) is 5.32 Å². The minimum absolute atomic E-state index is 0.0335. The van der Waals surface area contributed by atoms with E-state index in [0.717, 1.165) is 38.6 Å². The number of benzene rings is 1. The highest BCUT2D eigenvalue weighted by Gasteiger charge is 2.22. The smallest absolute Gasteiger partial charge is 0.242 e. The van der Waals surface area contributed by atoms with Crippen LogP contribution in [0.5, 0.6) is 0 Å². The van der Waals surface area contributed by atoms with Crippen LogP contribution < -0.4 is 9.62 Å². The van der Waals surface area contributed by atoms with Gasteiger partial charge in [0.25, 0.3) is 0 Å². The van der Waals surface area contributed by atoms with Gasteiger partial charge in [0.2, 0.25) is 26.0 Å². The molecule has 0 unspecified atom stereocenters. The Morgan fingerprint density at radius 2 is 1.77 bits per heavy atom. The van der Waals surface area contributed by atoms with E-state index in [9.17, 15) is 21.6 Å². The molecule has 1 aromatic carbocycles. The molecule has 31 heavy (non-hydrogen) atoms. The Bertz CT molecular complexity index is 1050. The predicted octanol–water partition coefficient (Wildman–Crippen LogP) is 1.74. The fourth-order valence-electron chi connectivity index (χ4n) is 2.55. The van der Waals surface area contributed by atoms with Crippen molar-refractivity contribution in [3.05, 3.63) is 48.4 Å². The highest BCUT2D eigenvalue weighted by molar-refractivity contribution is 7.98. The second-order valence-electron chi connectivity index (χ2n) is 6.89. The molecule has 0 radical (unpaired) electrons. The number of hydrogen-bond acceptors (Lipinski definition) is 7. The van der Waals surface area contributed by atoms with Gasteiger partial charge in [-0.15, -0.1) is 0 Å². The maximum atomic E-state index is 12.3. The number of nitrogens with one attached hydrogen (secondary N) is 1. The Hall–Kier alpha value is -2.02. The molecule has 1 heterocycles. The van der Waals surface area contributed by atoms with Crippen LogP contribution in [0.4, 0.5) is 5.69 Å². The summed E-state index contributed by atoms with van der Waals surface area (Å²) in [4.78, 5) is 12.3. The summed E-state index contributed by atoms with van der Waals surface area (Å²) in [7, 11) is -4.56. The van der Waals surface area contributed by atoms with E-state index in [1.165, 1.54) is 38.4 Å². The van der Waals surface area contributed by atoms with E-state index in [0.29, 0.717) is 6.54 Å². The van der Waals surface area contributed by atoms with E-state index in [4.69, 9.17) is 4.42 Å². The molecule has 0 saturated heterocycles. The fraction of sp³-hybridized carbons (Fsp3) is 0.421. The first kappa shape index (κ1) is 25.2. The number of thioether (sulfide) groups is 1. The number of anilines is 1. The van der Waals surface area contributed by atoms with Gasteiger partial charge in [0.15, 0.2) is 0 Å². The molecule has 0 aliphatic rings. The van der Waals surface area contributed by atoms with Crippen LogP contribution in [-0.4, -0.2) is 66.2 Å². The van der Waals surface area contributed by atoms with Crippen molar-refractivity contribution in [1.82, 2.24) is 9.62 Å². The number of amides is 1. The predicted molar refractivity (Wildman–Crippen MR) is 122 cm³/mol. The molecular weight excluding hydrogens is 462 g/mol. The average Bonchev–Trinajstić information content (AvgIpc) is 3.21. The standard InChI is InChI=1S/C19H27N3O6S3/c1-21(2)31(26,27)18-9-7-16(8-10-18)22(30(3,24)25)14-19(23)20-11-5-13-29-15-17-6-4-12-28-17/h4,6-10,12H,5,11,13-15H2,1-3H3,(H,20,23). The second-order valence-corrected chi connectivity index (χ2v) is 12.1. The quantitative estimate of drug-likeness (QED) is 0.451. The summed E-state index contributed by atoms with van der Waals surface area (Å²) in [6.45, 7) is 0.0275. The van der Waals surface area contributed by atoms with E-state index in [-0.39, 0.29) is 10.6 Å². The summed E-state index contributed by atoms with van der Waals surface area (Å²) in [6, 6.07) is 9.11. The van der Waals surface area contributed by atoms with Crippen LogP contribution in [0, 0.1) is 0 Å². The molecule has 1 N–H and O–H groups in total. The van der Waals surface area contributed by atoms with Crippen LogP contribution in [0.3, 0.4) is 0 Å². The molecule has 2 aromatic rings. The third kappa shape index (κ3) is 7.56. The first-order chi connectivity index (χ1) is 14.5. The molecule has 2 rings (SSSR count). The van der Waals surface area contributed by atoms with Crippen LogP contribution in [0.15, 0.2) is 52.0 Å². The Labute approximate surface area is 187 Å². The first-order valence-corrected chi connectivity index (χ1v) is 13.8. The Balaban J connectivity index is 1.90. The molecule has 1 aromatic heterocycles. The van der Waals surface area contributed by atoms with Crippen molar-refractivity contribution in [2.24, 2.45) is 0 Å². The summed E-state index contributed by atoms with van der Waals surface area (Å²) in [5.74, 6) is 2.02. The molecule has 0 atom stereocenters. The van der Waals surface area contributed by atoms with E-state index >= 15 is 0 Å². The van der Waals surface area contributed by atoms with Gasteiger partial charge in [-0.25, -0.2) is 21.1 Å². The van der Waals surface area contributed by atoms with Crippen molar-refractivity contribution in [1.29, 1.82) is 0 Å². The summed E-state index contributed by atoms with van der Waals surface area (Å²) in [5, 5.41) is 2.71. The number of furan rings is 1. The van der Waals surface area contributed by atoms with Gasteiger partial charge < -0.3 is 9.73 Å². The van der Waals surface area contributed by atoms with Gasteiger partial charge in [0.05, 0.1) is 28.9 Å². The first-order valence-electron chi connectivity index (χ1n) is 9.39. The van der Waals surface area contributed by atoms with Crippen molar-refractivity contribution >= 4 is 43.4 Å². The minimum atomic E-state index is -3.74. The van der Waals surface area contributed by atoms with Gasteiger partial charge in [-0.3, -0.25) is 9.10 Å².